The Morgan fingerprint density at radius 1 is 1.10 bits per heavy atom. The first-order valence-electron chi connectivity index (χ1n) is 10.2. The highest BCUT2D eigenvalue weighted by Crippen LogP contribution is 2.29. The van der Waals surface area contributed by atoms with E-state index < -0.39 is 21.7 Å². The summed E-state index contributed by atoms with van der Waals surface area (Å²) in [6.07, 6.45) is 2.04. The summed E-state index contributed by atoms with van der Waals surface area (Å²) in [7, 11) is -3.71. The van der Waals surface area contributed by atoms with Crippen molar-refractivity contribution in [2.24, 2.45) is 0 Å². The number of carbonyl (C=O) groups is 1. The van der Waals surface area contributed by atoms with Gasteiger partial charge in [0.05, 0.1) is 10.5 Å². The van der Waals surface area contributed by atoms with Crippen molar-refractivity contribution >= 4 is 27.3 Å². The zero-order valence-electron chi connectivity index (χ0n) is 17.6. The minimum atomic E-state index is -3.71. The smallest absolute Gasteiger partial charge is 0.257 e. The Hall–Kier alpha value is -2.45. The van der Waals surface area contributed by atoms with Crippen LogP contribution >= 0.6 is 0 Å². The maximum atomic E-state index is 13.9. The highest BCUT2D eigenvalue weighted by molar-refractivity contribution is 7.89. The van der Waals surface area contributed by atoms with E-state index in [-0.39, 0.29) is 10.5 Å². The molecule has 8 heteroatoms. The van der Waals surface area contributed by atoms with Crippen LogP contribution in [0.2, 0.25) is 0 Å². The predicted molar refractivity (Wildman–Crippen MR) is 117 cm³/mol. The standard InChI is InChI=1S/C22H28FN3O3S/c1-4-26(5-2)30(28,29)18-10-11-21(25-12-6-7-13-25)19(15-18)22(27)24-17-9-8-16(3)20(23)14-17/h8-11,14-15H,4-7,12-13H2,1-3H3,(H,24,27). The second-order valence-corrected chi connectivity index (χ2v) is 9.32. The van der Waals surface area contributed by atoms with Crippen molar-refractivity contribution in [3.05, 3.63) is 53.3 Å². The lowest BCUT2D eigenvalue weighted by Crippen LogP contribution is -2.31. The first-order chi connectivity index (χ1) is 14.3. The molecule has 3 rings (SSSR count). The van der Waals surface area contributed by atoms with Gasteiger partial charge in [0.1, 0.15) is 5.82 Å². The first-order valence-corrected chi connectivity index (χ1v) is 11.7. The molecule has 0 unspecified atom stereocenters. The highest BCUT2D eigenvalue weighted by Gasteiger charge is 2.26. The Morgan fingerprint density at radius 2 is 1.77 bits per heavy atom. The molecular formula is C22H28FN3O3S. The minimum Gasteiger partial charge on any atom is -0.371 e. The summed E-state index contributed by atoms with van der Waals surface area (Å²) in [6.45, 7) is 7.50. The third-order valence-electron chi connectivity index (χ3n) is 5.43. The van der Waals surface area contributed by atoms with E-state index >= 15 is 0 Å². The Balaban J connectivity index is 2.02. The second-order valence-electron chi connectivity index (χ2n) is 7.38. The van der Waals surface area contributed by atoms with Crippen molar-refractivity contribution in [1.82, 2.24) is 4.31 Å². The molecule has 30 heavy (non-hydrogen) atoms. The van der Waals surface area contributed by atoms with Crippen LogP contribution in [0, 0.1) is 12.7 Å². The van der Waals surface area contributed by atoms with Crippen LogP contribution in [0.5, 0.6) is 0 Å². The molecule has 6 nitrogen and oxygen atoms in total. The average Bonchev–Trinajstić information content (AvgIpc) is 3.25. The van der Waals surface area contributed by atoms with Crippen molar-refractivity contribution in [3.8, 4) is 0 Å². The number of anilines is 2. The second kappa shape index (κ2) is 9.14. The van der Waals surface area contributed by atoms with E-state index in [1.54, 1.807) is 45.0 Å². The van der Waals surface area contributed by atoms with E-state index in [2.05, 4.69) is 10.2 Å². The highest BCUT2D eigenvalue weighted by atomic mass is 32.2. The number of nitrogens with zero attached hydrogens (tertiary/aromatic N) is 2. The molecule has 1 aliphatic heterocycles. The Labute approximate surface area is 177 Å². The SMILES string of the molecule is CCN(CC)S(=O)(=O)c1ccc(N2CCCC2)c(C(=O)Nc2ccc(C)c(F)c2)c1. The van der Waals surface area contributed by atoms with Crippen molar-refractivity contribution in [1.29, 1.82) is 0 Å². The van der Waals surface area contributed by atoms with Gasteiger partial charge < -0.3 is 10.2 Å². The third-order valence-corrected chi connectivity index (χ3v) is 7.48. The lowest BCUT2D eigenvalue weighted by atomic mass is 10.1. The van der Waals surface area contributed by atoms with Crippen LogP contribution in [-0.4, -0.2) is 44.8 Å². The summed E-state index contributed by atoms with van der Waals surface area (Å²) in [6, 6.07) is 9.17. The predicted octanol–water partition coefficient (Wildman–Crippen LogP) is 4.02. The average molecular weight is 434 g/mol. The number of halogens is 1. The summed E-state index contributed by atoms with van der Waals surface area (Å²) in [5.74, 6) is -0.873. The van der Waals surface area contributed by atoms with E-state index in [0.29, 0.717) is 30.0 Å². The third kappa shape index (κ3) is 4.49. The fourth-order valence-corrected chi connectivity index (χ4v) is 5.16. The van der Waals surface area contributed by atoms with Crippen LogP contribution in [0.15, 0.2) is 41.3 Å². The quantitative estimate of drug-likeness (QED) is 0.716. The summed E-state index contributed by atoms with van der Waals surface area (Å²) < 4.78 is 41.2. The van der Waals surface area contributed by atoms with Gasteiger partial charge in [-0.3, -0.25) is 4.79 Å². The number of hydrogen-bond donors (Lipinski definition) is 1. The van der Waals surface area contributed by atoms with Crippen molar-refractivity contribution in [2.45, 2.75) is 38.5 Å². The molecule has 162 valence electrons. The van der Waals surface area contributed by atoms with Crippen LogP contribution < -0.4 is 10.2 Å². The fraction of sp³-hybridized carbons (Fsp3) is 0.409. The van der Waals surface area contributed by atoms with Gasteiger partial charge in [-0.05, 0) is 55.7 Å². The van der Waals surface area contributed by atoms with Gasteiger partial charge in [0.2, 0.25) is 10.0 Å². The van der Waals surface area contributed by atoms with Crippen molar-refractivity contribution in [2.75, 3.05) is 36.4 Å². The van der Waals surface area contributed by atoms with E-state index in [1.807, 2.05) is 0 Å². The molecule has 1 amide bonds. The molecule has 1 fully saturated rings. The molecule has 1 heterocycles. The normalized spacial score (nSPS) is 14.4. The van der Waals surface area contributed by atoms with Crippen LogP contribution in [0.3, 0.4) is 0 Å². The number of benzene rings is 2. The molecule has 0 spiro atoms. The largest absolute Gasteiger partial charge is 0.371 e. The number of carbonyl (C=O) groups excluding carboxylic acids is 1. The van der Waals surface area contributed by atoms with E-state index in [0.717, 1.165) is 25.9 Å². The van der Waals surface area contributed by atoms with Gasteiger partial charge >= 0.3 is 0 Å². The molecule has 0 aromatic heterocycles. The van der Waals surface area contributed by atoms with Gasteiger partial charge in [-0.25, -0.2) is 12.8 Å². The molecule has 2 aromatic carbocycles. The topological polar surface area (TPSA) is 69.7 Å². The molecule has 0 saturated carbocycles. The number of sulfonamides is 1. The van der Waals surface area contributed by atoms with Gasteiger partial charge in [-0.15, -0.1) is 0 Å². The van der Waals surface area contributed by atoms with Gasteiger partial charge in [0.25, 0.3) is 5.91 Å². The zero-order chi connectivity index (χ0) is 21.9. The molecular weight excluding hydrogens is 405 g/mol. The van der Waals surface area contributed by atoms with Gasteiger partial charge in [0, 0.05) is 37.6 Å². The van der Waals surface area contributed by atoms with Gasteiger partial charge in [-0.2, -0.15) is 4.31 Å². The molecule has 2 aromatic rings. The lowest BCUT2D eigenvalue weighted by molar-refractivity contribution is 0.102. The van der Waals surface area contributed by atoms with Crippen molar-refractivity contribution in [3.63, 3.8) is 0 Å². The number of amides is 1. The number of aryl methyl sites for hydroxylation is 1. The molecule has 0 bridgehead atoms. The number of rotatable bonds is 7. The number of nitrogens with one attached hydrogen (secondary N) is 1. The Bertz CT molecular complexity index is 1030. The van der Waals surface area contributed by atoms with Gasteiger partial charge in [-0.1, -0.05) is 19.9 Å². The summed E-state index contributed by atoms with van der Waals surface area (Å²) in [5.41, 5.74) is 1.77. The molecule has 0 atom stereocenters. The van der Waals surface area contributed by atoms with Crippen LogP contribution in [0.1, 0.15) is 42.6 Å². The molecule has 1 N–H and O–H groups in total. The lowest BCUT2D eigenvalue weighted by Gasteiger charge is -2.23. The first kappa shape index (κ1) is 22.2. The zero-order valence-corrected chi connectivity index (χ0v) is 18.4. The van der Waals surface area contributed by atoms with Crippen LogP contribution in [0.25, 0.3) is 0 Å². The summed E-state index contributed by atoms with van der Waals surface area (Å²) in [4.78, 5) is 15.3. The van der Waals surface area contributed by atoms with E-state index in [4.69, 9.17) is 0 Å². The van der Waals surface area contributed by atoms with E-state index in [9.17, 15) is 17.6 Å². The maximum Gasteiger partial charge on any atom is 0.257 e. The van der Waals surface area contributed by atoms with Crippen LogP contribution in [-0.2, 0) is 10.0 Å². The molecule has 0 radical (unpaired) electrons. The Morgan fingerprint density at radius 3 is 2.37 bits per heavy atom. The monoisotopic (exact) mass is 433 g/mol. The minimum absolute atomic E-state index is 0.0781. The fourth-order valence-electron chi connectivity index (χ4n) is 3.67. The molecule has 0 aliphatic carbocycles. The number of hydrogen-bond acceptors (Lipinski definition) is 4. The van der Waals surface area contributed by atoms with Crippen LogP contribution in [0.4, 0.5) is 15.8 Å². The molecule has 1 saturated heterocycles. The molecule has 1 aliphatic rings. The van der Waals surface area contributed by atoms with Crippen molar-refractivity contribution < 1.29 is 17.6 Å². The van der Waals surface area contributed by atoms with Gasteiger partial charge in [0.15, 0.2) is 0 Å². The summed E-state index contributed by atoms with van der Waals surface area (Å²) >= 11 is 0. The summed E-state index contributed by atoms with van der Waals surface area (Å²) in [5, 5.41) is 2.71. The van der Waals surface area contributed by atoms with E-state index in [1.165, 1.54) is 16.4 Å². The maximum absolute atomic E-state index is 13.9. The Kier molecular flexibility index (Phi) is 6.77.